The van der Waals surface area contributed by atoms with Crippen molar-refractivity contribution in [3.8, 4) is 0 Å². The van der Waals surface area contributed by atoms with E-state index < -0.39 is 0 Å². The summed E-state index contributed by atoms with van der Waals surface area (Å²) in [5, 5.41) is 0. The molecule has 0 aromatic rings. The lowest BCUT2D eigenvalue weighted by Gasteiger charge is -2.26. The minimum absolute atomic E-state index is 0.801. The fraction of sp³-hybridized carbons (Fsp3) is 0.765. The van der Waals surface area contributed by atoms with Crippen LogP contribution in [0.4, 0.5) is 0 Å². The summed E-state index contributed by atoms with van der Waals surface area (Å²) < 4.78 is 0. The highest BCUT2D eigenvalue weighted by Gasteiger charge is 2.19. The predicted molar refractivity (Wildman–Crippen MR) is 75.9 cm³/mol. The Bertz CT molecular complexity index is 247. The van der Waals surface area contributed by atoms with Gasteiger partial charge in [-0.2, -0.15) is 0 Å². The highest BCUT2D eigenvalue weighted by Crippen LogP contribution is 2.32. The van der Waals surface area contributed by atoms with Gasteiger partial charge in [0.2, 0.25) is 0 Å². The van der Waals surface area contributed by atoms with Gasteiger partial charge in [0.05, 0.1) is 0 Å². The maximum absolute atomic E-state index is 3.92. The molecule has 0 spiro atoms. The van der Waals surface area contributed by atoms with Gasteiger partial charge in [-0.3, -0.25) is 0 Å². The SMILES string of the molecule is C=CC1CCC(C=CC2CCC(C)CC2)CC1. The van der Waals surface area contributed by atoms with Crippen molar-refractivity contribution >= 4 is 0 Å². The molecule has 0 nitrogen and oxygen atoms in total. The summed E-state index contributed by atoms with van der Waals surface area (Å²) in [4.78, 5) is 0. The smallest absolute Gasteiger partial charge is 0.0233 e. The zero-order valence-corrected chi connectivity index (χ0v) is 11.4. The summed E-state index contributed by atoms with van der Waals surface area (Å²) in [5.74, 6) is 3.53. The molecule has 96 valence electrons. The van der Waals surface area contributed by atoms with Gasteiger partial charge in [0.1, 0.15) is 0 Å². The Morgan fingerprint density at radius 2 is 1.12 bits per heavy atom. The molecule has 0 heterocycles. The second-order valence-electron chi connectivity index (χ2n) is 6.32. The average Bonchev–Trinajstić information content (AvgIpc) is 2.39. The maximum atomic E-state index is 3.92. The van der Waals surface area contributed by atoms with Crippen molar-refractivity contribution in [3.05, 3.63) is 24.8 Å². The third-order valence-electron chi connectivity index (χ3n) is 4.87. The Morgan fingerprint density at radius 3 is 1.59 bits per heavy atom. The molecule has 17 heavy (non-hydrogen) atoms. The number of hydrogen-bond donors (Lipinski definition) is 0. The third-order valence-corrected chi connectivity index (χ3v) is 4.87. The van der Waals surface area contributed by atoms with E-state index in [1.807, 2.05) is 0 Å². The summed E-state index contributed by atoms with van der Waals surface area (Å²) >= 11 is 0. The van der Waals surface area contributed by atoms with Crippen LogP contribution in [-0.2, 0) is 0 Å². The third kappa shape index (κ3) is 4.01. The van der Waals surface area contributed by atoms with Gasteiger partial charge in [0.25, 0.3) is 0 Å². The lowest BCUT2D eigenvalue weighted by atomic mass is 9.79. The zero-order valence-electron chi connectivity index (χ0n) is 11.4. The van der Waals surface area contributed by atoms with Crippen molar-refractivity contribution in [3.63, 3.8) is 0 Å². The van der Waals surface area contributed by atoms with E-state index in [4.69, 9.17) is 0 Å². The fourth-order valence-electron chi connectivity index (χ4n) is 3.37. The second-order valence-corrected chi connectivity index (χ2v) is 6.32. The Balaban J connectivity index is 1.72. The first-order valence-electron chi connectivity index (χ1n) is 7.58. The van der Waals surface area contributed by atoms with Gasteiger partial charge < -0.3 is 0 Å². The monoisotopic (exact) mass is 232 g/mol. The van der Waals surface area contributed by atoms with E-state index in [1.54, 1.807) is 0 Å². The van der Waals surface area contributed by atoms with Gasteiger partial charge in [0.15, 0.2) is 0 Å². The van der Waals surface area contributed by atoms with E-state index in [2.05, 4.69) is 31.7 Å². The van der Waals surface area contributed by atoms with Gasteiger partial charge in [0, 0.05) is 0 Å². The van der Waals surface area contributed by atoms with Gasteiger partial charge in [-0.25, -0.2) is 0 Å². The first-order chi connectivity index (χ1) is 8.28. The van der Waals surface area contributed by atoms with Crippen LogP contribution in [0.5, 0.6) is 0 Å². The molecule has 0 unspecified atom stereocenters. The lowest BCUT2D eigenvalue weighted by molar-refractivity contribution is 0.325. The minimum atomic E-state index is 0.801. The number of hydrogen-bond acceptors (Lipinski definition) is 0. The molecular formula is C17H28. The van der Waals surface area contributed by atoms with Crippen LogP contribution >= 0.6 is 0 Å². The van der Waals surface area contributed by atoms with E-state index in [0.29, 0.717) is 0 Å². The fourth-order valence-corrected chi connectivity index (χ4v) is 3.37. The second kappa shape index (κ2) is 6.42. The molecule has 2 aliphatic rings. The van der Waals surface area contributed by atoms with Crippen LogP contribution in [-0.4, -0.2) is 0 Å². The molecule has 0 aromatic carbocycles. The van der Waals surface area contributed by atoms with Crippen LogP contribution in [0.25, 0.3) is 0 Å². The van der Waals surface area contributed by atoms with Crippen molar-refractivity contribution < 1.29 is 0 Å². The van der Waals surface area contributed by atoms with Crippen molar-refractivity contribution in [1.82, 2.24) is 0 Å². The molecule has 2 saturated carbocycles. The molecular weight excluding hydrogens is 204 g/mol. The molecule has 2 rings (SSSR count). The highest BCUT2D eigenvalue weighted by molar-refractivity contribution is 4.97. The van der Waals surface area contributed by atoms with Crippen molar-refractivity contribution in [2.24, 2.45) is 23.7 Å². The Hall–Kier alpha value is -0.520. The first-order valence-corrected chi connectivity index (χ1v) is 7.58. The van der Waals surface area contributed by atoms with Gasteiger partial charge in [-0.05, 0) is 62.2 Å². The molecule has 0 amide bonds. The lowest BCUT2D eigenvalue weighted by Crippen LogP contribution is -2.13. The molecule has 0 bridgehead atoms. The molecule has 2 fully saturated rings. The summed E-state index contributed by atoms with van der Waals surface area (Å²) in [7, 11) is 0. The molecule has 0 aromatic heterocycles. The molecule has 0 N–H and O–H groups in total. The van der Waals surface area contributed by atoms with Gasteiger partial charge in [-0.15, -0.1) is 6.58 Å². The number of allylic oxidation sites excluding steroid dienone is 3. The average molecular weight is 232 g/mol. The standard InChI is InChI=1S/C17H28/c1-3-15-8-10-17(11-9-15)13-12-16-6-4-14(2)5-7-16/h3,12-17H,1,4-11H2,2H3. The van der Waals surface area contributed by atoms with Crippen LogP contribution in [0.1, 0.15) is 58.3 Å². The van der Waals surface area contributed by atoms with Crippen LogP contribution in [0.3, 0.4) is 0 Å². The first kappa shape index (κ1) is 12.9. The van der Waals surface area contributed by atoms with E-state index in [9.17, 15) is 0 Å². The van der Waals surface area contributed by atoms with Gasteiger partial charge in [-0.1, -0.05) is 38.0 Å². The Morgan fingerprint density at radius 1 is 0.706 bits per heavy atom. The molecule has 2 aliphatic carbocycles. The molecule has 0 saturated heterocycles. The van der Waals surface area contributed by atoms with Crippen LogP contribution in [0.15, 0.2) is 24.8 Å². The van der Waals surface area contributed by atoms with Crippen molar-refractivity contribution in [2.75, 3.05) is 0 Å². The predicted octanol–water partition coefficient (Wildman–Crippen LogP) is 5.36. The Kier molecular flexibility index (Phi) is 4.88. The van der Waals surface area contributed by atoms with Crippen LogP contribution in [0, 0.1) is 23.7 Å². The largest absolute Gasteiger partial charge is 0.103 e. The van der Waals surface area contributed by atoms with Crippen molar-refractivity contribution in [1.29, 1.82) is 0 Å². The topological polar surface area (TPSA) is 0 Å². The van der Waals surface area contributed by atoms with E-state index in [1.165, 1.54) is 51.4 Å². The quantitative estimate of drug-likeness (QED) is 0.574. The molecule has 0 radical (unpaired) electrons. The maximum Gasteiger partial charge on any atom is -0.0233 e. The Labute approximate surface area is 107 Å². The molecule has 0 atom stereocenters. The normalized spacial score (nSPS) is 39.4. The van der Waals surface area contributed by atoms with Gasteiger partial charge >= 0.3 is 0 Å². The zero-order chi connectivity index (χ0) is 12.1. The van der Waals surface area contributed by atoms with Crippen LogP contribution in [0.2, 0.25) is 0 Å². The number of rotatable bonds is 3. The van der Waals surface area contributed by atoms with Crippen molar-refractivity contribution in [2.45, 2.75) is 58.3 Å². The van der Waals surface area contributed by atoms with E-state index in [-0.39, 0.29) is 0 Å². The summed E-state index contributed by atoms with van der Waals surface area (Å²) in [6.45, 7) is 6.32. The van der Waals surface area contributed by atoms with E-state index in [0.717, 1.165) is 23.7 Å². The van der Waals surface area contributed by atoms with E-state index >= 15 is 0 Å². The molecule has 0 aliphatic heterocycles. The summed E-state index contributed by atoms with van der Waals surface area (Å²) in [5.41, 5.74) is 0. The highest BCUT2D eigenvalue weighted by atomic mass is 14.2. The van der Waals surface area contributed by atoms with Crippen LogP contribution < -0.4 is 0 Å². The minimum Gasteiger partial charge on any atom is -0.103 e. The summed E-state index contributed by atoms with van der Waals surface area (Å²) in [6.07, 6.45) is 18.5. The summed E-state index contributed by atoms with van der Waals surface area (Å²) in [6, 6.07) is 0. The molecule has 0 heteroatoms.